The number of sulfonamides is 1. The molecule has 1 aromatic rings. The van der Waals surface area contributed by atoms with Crippen LogP contribution in [-0.4, -0.2) is 57.9 Å². The Kier molecular flexibility index (Phi) is 7.00. The van der Waals surface area contributed by atoms with E-state index in [0.29, 0.717) is 18.7 Å². The number of nitrogens with zero attached hydrogens (tertiary/aromatic N) is 1. The maximum atomic E-state index is 12.8. The highest BCUT2D eigenvalue weighted by Crippen LogP contribution is 2.24. The van der Waals surface area contributed by atoms with Gasteiger partial charge in [-0.2, -0.15) is 13.1 Å². The number of benzene rings is 1. The van der Waals surface area contributed by atoms with Crippen molar-refractivity contribution in [3.05, 3.63) is 29.8 Å². The van der Waals surface area contributed by atoms with Crippen LogP contribution in [0.5, 0.6) is 0 Å². The van der Waals surface area contributed by atoms with E-state index in [1.807, 2.05) is 0 Å². The monoisotopic (exact) mass is 398 g/mol. The van der Waals surface area contributed by atoms with Crippen molar-refractivity contribution in [3.8, 4) is 0 Å². The van der Waals surface area contributed by atoms with E-state index in [0.717, 1.165) is 12.8 Å². The second-order valence-electron chi connectivity index (χ2n) is 6.19. The van der Waals surface area contributed by atoms with Gasteiger partial charge in [0.15, 0.2) is 0 Å². The zero-order valence-corrected chi connectivity index (χ0v) is 15.1. The maximum Gasteiger partial charge on any atom is 0.330 e. The highest BCUT2D eigenvalue weighted by Gasteiger charge is 2.41. The lowest BCUT2D eigenvalue weighted by atomic mass is 10.1. The smallest absolute Gasteiger partial charge is 0.330 e. The summed E-state index contributed by atoms with van der Waals surface area (Å²) in [5, 5.41) is 3.06. The number of likely N-dealkylation sites (N-methyl/N-ethyl adjacent to an activating group) is 1. The van der Waals surface area contributed by atoms with Crippen molar-refractivity contribution in [2.45, 2.75) is 42.7 Å². The van der Waals surface area contributed by atoms with E-state index < -0.39 is 29.0 Å². The number of hydrogen-bond donors (Lipinski definition) is 1. The van der Waals surface area contributed by atoms with Gasteiger partial charge in [-0.25, -0.2) is 17.2 Å². The molecule has 26 heavy (non-hydrogen) atoms. The van der Waals surface area contributed by atoms with Crippen molar-refractivity contribution in [3.63, 3.8) is 0 Å². The van der Waals surface area contributed by atoms with Crippen LogP contribution in [0.1, 0.15) is 18.4 Å². The predicted octanol–water partition coefficient (Wildman–Crippen LogP) is 2.48. The molecule has 1 atom stereocenters. The third-order valence-electron chi connectivity index (χ3n) is 4.21. The Hall–Kier alpha value is -1.23. The van der Waals surface area contributed by atoms with Gasteiger partial charge in [0.1, 0.15) is 6.61 Å². The van der Waals surface area contributed by atoms with E-state index in [4.69, 9.17) is 0 Å². The van der Waals surface area contributed by atoms with Gasteiger partial charge in [-0.15, -0.1) is 0 Å². The summed E-state index contributed by atoms with van der Waals surface area (Å²) in [4.78, 5) is 0.0240. The average Bonchev–Trinajstić information content (AvgIpc) is 2.61. The molecule has 2 rings (SSSR count). The van der Waals surface area contributed by atoms with Crippen LogP contribution in [0, 0.1) is 0 Å². The van der Waals surface area contributed by atoms with Crippen LogP contribution in [0.25, 0.3) is 0 Å². The highest BCUT2D eigenvalue weighted by atomic mass is 32.2. The minimum Gasteiger partial charge on any atom is -0.370 e. The second kappa shape index (κ2) is 8.64. The molecule has 1 aromatic carbocycles. The molecule has 1 N–H and O–H groups in total. The van der Waals surface area contributed by atoms with Crippen molar-refractivity contribution in [1.82, 2.24) is 9.62 Å². The van der Waals surface area contributed by atoms with E-state index in [1.54, 1.807) is 7.05 Å². The van der Waals surface area contributed by atoms with Crippen LogP contribution in [0.3, 0.4) is 0 Å². The summed E-state index contributed by atoms with van der Waals surface area (Å²) in [7, 11) is -1.95. The first kappa shape index (κ1) is 21.1. The standard InChI is InChI=1S/C16H22F4N2O3S/c1-21-13-5-3-7-22(9-13)26(23,24)14-6-2-4-12(8-14)10-25-11-16(19,20)15(17)18/h2,4,6,8,13,15,21H,3,5,7,9-11H2,1H3. The molecule has 5 nitrogen and oxygen atoms in total. The first-order chi connectivity index (χ1) is 12.2. The molecular weight excluding hydrogens is 376 g/mol. The molecule has 0 aromatic heterocycles. The number of rotatable bonds is 8. The van der Waals surface area contributed by atoms with Crippen molar-refractivity contribution < 1.29 is 30.7 Å². The third kappa shape index (κ3) is 5.15. The topological polar surface area (TPSA) is 58.6 Å². The molecule has 1 heterocycles. The molecule has 0 saturated carbocycles. The predicted molar refractivity (Wildman–Crippen MR) is 87.9 cm³/mol. The lowest BCUT2D eigenvalue weighted by Gasteiger charge is -2.31. The summed E-state index contributed by atoms with van der Waals surface area (Å²) in [5.41, 5.74) is 0.318. The number of hydrogen-bond acceptors (Lipinski definition) is 4. The van der Waals surface area contributed by atoms with Crippen molar-refractivity contribution in [2.24, 2.45) is 0 Å². The van der Waals surface area contributed by atoms with Gasteiger partial charge in [-0.3, -0.25) is 0 Å². The van der Waals surface area contributed by atoms with Crippen LogP contribution < -0.4 is 5.32 Å². The first-order valence-corrected chi connectivity index (χ1v) is 9.61. The normalized spacial score (nSPS) is 19.8. The summed E-state index contributed by atoms with van der Waals surface area (Å²) in [6, 6.07) is 5.76. The number of halogens is 4. The molecular formula is C16H22F4N2O3S. The summed E-state index contributed by atoms with van der Waals surface area (Å²) in [5.74, 6) is -4.24. The molecule has 1 aliphatic heterocycles. The maximum absolute atomic E-state index is 12.8. The summed E-state index contributed by atoms with van der Waals surface area (Å²) < 4.78 is 81.5. The van der Waals surface area contributed by atoms with Crippen molar-refractivity contribution >= 4 is 10.0 Å². The van der Waals surface area contributed by atoms with Crippen LogP contribution in [0.4, 0.5) is 17.6 Å². The molecule has 0 radical (unpaired) electrons. The Labute approximate surface area is 150 Å². The zero-order chi connectivity index (χ0) is 19.4. The molecule has 0 aliphatic carbocycles. The Morgan fingerprint density at radius 3 is 2.77 bits per heavy atom. The molecule has 0 spiro atoms. The molecule has 1 fully saturated rings. The largest absolute Gasteiger partial charge is 0.370 e. The quantitative estimate of drug-likeness (QED) is 0.684. The van der Waals surface area contributed by atoms with Crippen molar-refractivity contribution in [2.75, 3.05) is 26.7 Å². The first-order valence-electron chi connectivity index (χ1n) is 8.17. The number of alkyl halides is 4. The Balaban J connectivity index is 2.06. The molecule has 1 unspecified atom stereocenters. The fourth-order valence-electron chi connectivity index (χ4n) is 2.71. The minimum atomic E-state index is -4.24. The third-order valence-corrected chi connectivity index (χ3v) is 6.07. The van der Waals surface area contributed by atoms with Gasteiger partial charge in [-0.1, -0.05) is 12.1 Å². The Morgan fingerprint density at radius 2 is 2.12 bits per heavy atom. The fraction of sp³-hybridized carbons (Fsp3) is 0.625. The SMILES string of the molecule is CNC1CCCN(S(=O)(=O)c2cccc(COCC(F)(F)C(F)F)c2)C1. The van der Waals surface area contributed by atoms with Crippen molar-refractivity contribution in [1.29, 1.82) is 0 Å². The molecule has 0 amide bonds. The summed E-state index contributed by atoms with van der Waals surface area (Å²) in [6.45, 7) is -1.07. The Morgan fingerprint density at radius 1 is 1.38 bits per heavy atom. The lowest BCUT2D eigenvalue weighted by Crippen LogP contribution is -2.46. The van der Waals surface area contributed by atoms with Gasteiger partial charge in [0.05, 0.1) is 11.5 Å². The van der Waals surface area contributed by atoms with Gasteiger partial charge < -0.3 is 10.1 Å². The van der Waals surface area contributed by atoms with Crippen LogP contribution in [0.2, 0.25) is 0 Å². The zero-order valence-electron chi connectivity index (χ0n) is 14.3. The Bertz CT molecular complexity index is 700. The van der Waals surface area contributed by atoms with Crippen LogP contribution in [-0.2, 0) is 21.4 Å². The average molecular weight is 398 g/mol. The van der Waals surface area contributed by atoms with Gasteiger partial charge in [0.25, 0.3) is 0 Å². The summed E-state index contributed by atoms with van der Waals surface area (Å²) in [6.07, 6.45) is -2.20. The lowest BCUT2D eigenvalue weighted by molar-refractivity contribution is -0.168. The van der Waals surface area contributed by atoms with E-state index in [-0.39, 0.29) is 17.5 Å². The molecule has 148 valence electrons. The fourth-order valence-corrected chi connectivity index (χ4v) is 4.30. The number of piperidine rings is 1. The molecule has 1 saturated heterocycles. The van der Waals surface area contributed by atoms with E-state index in [2.05, 4.69) is 10.1 Å². The highest BCUT2D eigenvalue weighted by molar-refractivity contribution is 7.89. The van der Waals surface area contributed by atoms with Gasteiger partial charge in [0.2, 0.25) is 10.0 Å². The van der Waals surface area contributed by atoms with Gasteiger partial charge >= 0.3 is 12.3 Å². The molecule has 1 aliphatic rings. The van der Waals surface area contributed by atoms with Crippen LogP contribution in [0.15, 0.2) is 29.2 Å². The van der Waals surface area contributed by atoms with Gasteiger partial charge in [-0.05, 0) is 37.6 Å². The van der Waals surface area contributed by atoms with E-state index in [9.17, 15) is 26.0 Å². The van der Waals surface area contributed by atoms with E-state index in [1.165, 1.54) is 28.6 Å². The molecule has 0 bridgehead atoms. The molecule has 10 heteroatoms. The summed E-state index contributed by atoms with van der Waals surface area (Å²) >= 11 is 0. The second-order valence-corrected chi connectivity index (χ2v) is 8.13. The van der Waals surface area contributed by atoms with Crippen LogP contribution >= 0.6 is 0 Å². The minimum absolute atomic E-state index is 0.0240. The number of ether oxygens (including phenoxy) is 1. The van der Waals surface area contributed by atoms with Gasteiger partial charge in [0, 0.05) is 19.1 Å². The number of nitrogens with one attached hydrogen (secondary N) is 1. The van der Waals surface area contributed by atoms with E-state index >= 15 is 0 Å².